The van der Waals surface area contributed by atoms with Gasteiger partial charge in [0.2, 0.25) is 5.91 Å². The largest absolute Gasteiger partial charge is 0.371 e. The SMILES string of the molecule is CC(C)NC(=O)CNc1c(F)cccc1F. The molecular formula is C11H14F2N2O. The van der Waals surface area contributed by atoms with Crippen molar-refractivity contribution in [2.75, 3.05) is 11.9 Å². The van der Waals surface area contributed by atoms with Crippen molar-refractivity contribution in [2.24, 2.45) is 0 Å². The Balaban J connectivity index is 2.58. The van der Waals surface area contributed by atoms with Crippen LogP contribution in [0.15, 0.2) is 18.2 Å². The molecule has 0 aliphatic carbocycles. The summed E-state index contributed by atoms with van der Waals surface area (Å²) in [5.74, 6) is -1.73. The van der Waals surface area contributed by atoms with Crippen LogP contribution in [0.1, 0.15) is 13.8 Å². The minimum absolute atomic E-state index is 0.000216. The van der Waals surface area contributed by atoms with Crippen LogP contribution in [0.3, 0.4) is 0 Å². The number of carbonyl (C=O) groups excluding carboxylic acids is 1. The first-order valence-electron chi connectivity index (χ1n) is 4.98. The molecule has 0 unspecified atom stereocenters. The van der Waals surface area contributed by atoms with Gasteiger partial charge in [0.25, 0.3) is 0 Å². The van der Waals surface area contributed by atoms with Crippen LogP contribution >= 0.6 is 0 Å². The smallest absolute Gasteiger partial charge is 0.239 e. The van der Waals surface area contributed by atoms with E-state index in [1.807, 2.05) is 13.8 Å². The van der Waals surface area contributed by atoms with Crippen molar-refractivity contribution >= 4 is 11.6 Å². The summed E-state index contributed by atoms with van der Waals surface area (Å²) in [6, 6.07) is 3.53. The van der Waals surface area contributed by atoms with Gasteiger partial charge in [-0.15, -0.1) is 0 Å². The highest BCUT2D eigenvalue weighted by Crippen LogP contribution is 2.17. The first-order chi connectivity index (χ1) is 7.50. The Morgan fingerprint density at radius 1 is 1.31 bits per heavy atom. The second-order valence-electron chi connectivity index (χ2n) is 3.67. The molecule has 0 radical (unpaired) electrons. The van der Waals surface area contributed by atoms with E-state index < -0.39 is 11.6 Å². The fourth-order valence-corrected chi connectivity index (χ4v) is 1.21. The number of para-hydroxylation sites is 1. The standard InChI is InChI=1S/C11H14F2N2O/c1-7(2)15-10(16)6-14-11-8(12)4-3-5-9(11)13/h3-5,7,14H,6H2,1-2H3,(H,15,16). The number of halogens is 2. The summed E-state index contributed by atoms with van der Waals surface area (Å²) in [5, 5.41) is 5.03. The third-order valence-corrected chi connectivity index (χ3v) is 1.84. The molecule has 0 aliphatic heterocycles. The van der Waals surface area contributed by atoms with Crippen molar-refractivity contribution in [3.8, 4) is 0 Å². The lowest BCUT2D eigenvalue weighted by Crippen LogP contribution is -2.35. The molecule has 0 spiro atoms. The second kappa shape index (κ2) is 5.44. The number of rotatable bonds is 4. The monoisotopic (exact) mass is 228 g/mol. The van der Waals surface area contributed by atoms with Gasteiger partial charge >= 0.3 is 0 Å². The van der Waals surface area contributed by atoms with E-state index in [0.29, 0.717) is 0 Å². The predicted octanol–water partition coefficient (Wildman–Crippen LogP) is 1.90. The van der Waals surface area contributed by atoms with Crippen molar-refractivity contribution in [1.29, 1.82) is 0 Å². The fourth-order valence-electron chi connectivity index (χ4n) is 1.21. The van der Waals surface area contributed by atoms with E-state index in [1.54, 1.807) is 0 Å². The fraction of sp³-hybridized carbons (Fsp3) is 0.364. The Kier molecular flexibility index (Phi) is 4.22. The number of carbonyl (C=O) groups is 1. The Hall–Kier alpha value is -1.65. The van der Waals surface area contributed by atoms with E-state index in [9.17, 15) is 13.6 Å². The summed E-state index contributed by atoms with van der Waals surface area (Å²) in [7, 11) is 0. The van der Waals surface area contributed by atoms with Crippen LogP contribution < -0.4 is 10.6 Å². The van der Waals surface area contributed by atoms with Gasteiger partial charge in [0, 0.05) is 6.04 Å². The quantitative estimate of drug-likeness (QED) is 0.826. The van der Waals surface area contributed by atoms with Gasteiger partial charge in [-0.2, -0.15) is 0 Å². The van der Waals surface area contributed by atoms with Crippen LogP contribution in [0.4, 0.5) is 14.5 Å². The van der Waals surface area contributed by atoms with Crippen LogP contribution in [-0.4, -0.2) is 18.5 Å². The van der Waals surface area contributed by atoms with E-state index in [4.69, 9.17) is 0 Å². The van der Waals surface area contributed by atoms with Crippen molar-refractivity contribution < 1.29 is 13.6 Å². The van der Waals surface area contributed by atoms with Crippen LogP contribution in [0.5, 0.6) is 0 Å². The summed E-state index contributed by atoms with van der Waals surface area (Å²) >= 11 is 0. The minimum atomic E-state index is -0.711. The third-order valence-electron chi connectivity index (χ3n) is 1.84. The molecule has 0 bridgehead atoms. The number of benzene rings is 1. The number of amides is 1. The Labute approximate surface area is 92.8 Å². The Morgan fingerprint density at radius 2 is 1.88 bits per heavy atom. The first-order valence-corrected chi connectivity index (χ1v) is 4.98. The Bertz CT molecular complexity index is 360. The van der Waals surface area contributed by atoms with Gasteiger partial charge in [-0.3, -0.25) is 4.79 Å². The van der Waals surface area contributed by atoms with Gasteiger partial charge in [0.1, 0.15) is 17.3 Å². The van der Waals surface area contributed by atoms with Crippen molar-refractivity contribution in [1.82, 2.24) is 5.32 Å². The summed E-state index contributed by atoms with van der Waals surface area (Å²) in [4.78, 5) is 11.2. The van der Waals surface area contributed by atoms with Crippen LogP contribution in [-0.2, 0) is 4.79 Å². The zero-order chi connectivity index (χ0) is 12.1. The number of hydrogen-bond acceptors (Lipinski definition) is 2. The van der Waals surface area contributed by atoms with Crippen molar-refractivity contribution in [3.63, 3.8) is 0 Å². The lowest BCUT2D eigenvalue weighted by Gasteiger charge is -2.10. The van der Waals surface area contributed by atoms with E-state index in [1.165, 1.54) is 6.07 Å². The summed E-state index contributed by atoms with van der Waals surface area (Å²) in [6.45, 7) is 3.46. The average Bonchev–Trinajstić information content (AvgIpc) is 2.15. The number of hydrogen-bond donors (Lipinski definition) is 2. The molecule has 0 fully saturated rings. The topological polar surface area (TPSA) is 41.1 Å². The molecule has 1 amide bonds. The van der Waals surface area contributed by atoms with Gasteiger partial charge < -0.3 is 10.6 Å². The minimum Gasteiger partial charge on any atom is -0.371 e. The average molecular weight is 228 g/mol. The summed E-state index contributed by atoms with van der Waals surface area (Å²) < 4.78 is 26.3. The molecule has 1 rings (SSSR count). The van der Waals surface area contributed by atoms with E-state index >= 15 is 0 Å². The van der Waals surface area contributed by atoms with Crippen LogP contribution in [0.2, 0.25) is 0 Å². The van der Waals surface area contributed by atoms with E-state index in [-0.39, 0.29) is 24.2 Å². The summed E-state index contributed by atoms with van der Waals surface area (Å²) in [5.41, 5.74) is -0.276. The molecule has 0 saturated carbocycles. The summed E-state index contributed by atoms with van der Waals surface area (Å²) in [6.07, 6.45) is 0. The number of nitrogens with one attached hydrogen (secondary N) is 2. The molecule has 16 heavy (non-hydrogen) atoms. The predicted molar refractivity (Wildman–Crippen MR) is 58.1 cm³/mol. The van der Waals surface area contributed by atoms with Crippen molar-refractivity contribution in [3.05, 3.63) is 29.8 Å². The molecule has 0 saturated heterocycles. The van der Waals surface area contributed by atoms with Crippen LogP contribution in [0.25, 0.3) is 0 Å². The van der Waals surface area contributed by atoms with Crippen LogP contribution in [0, 0.1) is 11.6 Å². The molecule has 5 heteroatoms. The second-order valence-corrected chi connectivity index (χ2v) is 3.67. The molecule has 1 aromatic rings. The lowest BCUT2D eigenvalue weighted by atomic mass is 10.3. The van der Waals surface area contributed by atoms with Gasteiger partial charge in [-0.1, -0.05) is 6.07 Å². The zero-order valence-corrected chi connectivity index (χ0v) is 9.18. The highest BCUT2D eigenvalue weighted by Gasteiger charge is 2.09. The molecule has 3 nitrogen and oxygen atoms in total. The lowest BCUT2D eigenvalue weighted by molar-refractivity contribution is -0.119. The molecule has 0 heterocycles. The molecule has 0 aromatic heterocycles. The maximum absolute atomic E-state index is 13.1. The molecular weight excluding hydrogens is 214 g/mol. The third kappa shape index (κ3) is 3.49. The number of anilines is 1. The van der Waals surface area contributed by atoms with E-state index in [0.717, 1.165) is 12.1 Å². The normalized spacial score (nSPS) is 10.3. The zero-order valence-electron chi connectivity index (χ0n) is 9.18. The molecule has 88 valence electrons. The molecule has 0 atom stereocenters. The van der Waals surface area contributed by atoms with Gasteiger partial charge in [-0.25, -0.2) is 8.78 Å². The van der Waals surface area contributed by atoms with Gasteiger partial charge in [0.15, 0.2) is 0 Å². The molecule has 1 aromatic carbocycles. The highest BCUT2D eigenvalue weighted by atomic mass is 19.1. The highest BCUT2D eigenvalue weighted by molar-refractivity contribution is 5.80. The maximum atomic E-state index is 13.1. The maximum Gasteiger partial charge on any atom is 0.239 e. The van der Waals surface area contributed by atoms with Crippen molar-refractivity contribution in [2.45, 2.75) is 19.9 Å². The first kappa shape index (κ1) is 12.4. The molecule has 2 N–H and O–H groups in total. The molecule has 0 aliphatic rings. The Morgan fingerprint density at radius 3 is 2.38 bits per heavy atom. The van der Waals surface area contributed by atoms with Gasteiger partial charge in [-0.05, 0) is 26.0 Å². The van der Waals surface area contributed by atoms with E-state index in [2.05, 4.69) is 10.6 Å². The van der Waals surface area contributed by atoms with Gasteiger partial charge in [0.05, 0.1) is 6.54 Å².